The fraction of sp³-hybridized carbons (Fsp3) is 0.125. The van der Waals surface area contributed by atoms with Crippen molar-refractivity contribution < 1.29 is 4.39 Å². The van der Waals surface area contributed by atoms with Crippen molar-refractivity contribution in [2.45, 2.75) is 6.92 Å². The molecule has 0 fully saturated rings. The molecule has 0 unspecified atom stereocenters. The molecule has 1 aromatic rings. The second-order valence-corrected chi connectivity index (χ2v) is 2.07. The van der Waals surface area contributed by atoms with E-state index in [0.717, 1.165) is 11.1 Å². The standard InChI is InChI=1S/C8H8F/c1-6-3-4-8(9)5-7(6)2/h3-5H,2H2,1H3. The lowest BCUT2D eigenvalue weighted by molar-refractivity contribution is 0.626. The van der Waals surface area contributed by atoms with Gasteiger partial charge in [0, 0.05) is 0 Å². The maximum Gasteiger partial charge on any atom is 0.123 e. The van der Waals surface area contributed by atoms with Crippen LogP contribution in [0.25, 0.3) is 0 Å². The quantitative estimate of drug-likeness (QED) is 0.496. The van der Waals surface area contributed by atoms with E-state index in [0.29, 0.717) is 0 Å². The first kappa shape index (κ1) is 6.27. The van der Waals surface area contributed by atoms with Crippen molar-refractivity contribution in [2.24, 2.45) is 0 Å². The summed E-state index contributed by atoms with van der Waals surface area (Å²) < 4.78 is 12.3. The first-order valence-electron chi connectivity index (χ1n) is 2.78. The first-order chi connectivity index (χ1) is 4.20. The zero-order valence-corrected chi connectivity index (χ0v) is 5.32. The van der Waals surface area contributed by atoms with Crippen molar-refractivity contribution in [2.75, 3.05) is 0 Å². The van der Waals surface area contributed by atoms with Crippen LogP contribution in [0.4, 0.5) is 4.39 Å². The smallest absolute Gasteiger partial charge is 0.123 e. The van der Waals surface area contributed by atoms with E-state index in [1.807, 2.05) is 6.92 Å². The molecule has 47 valence electrons. The second kappa shape index (κ2) is 2.18. The summed E-state index contributed by atoms with van der Waals surface area (Å²) in [5.41, 5.74) is 1.78. The molecule has 0 aliphatic carbocycles. The molecule has 0 aliphatic heterocycles. The Kier molecular flexibility index (Phi) is 1.52. The average molecular weight is 123 g/mol. The van der Waals surface area contributed by atoms with Crippen molar-refractivity contribution >= 4 is 0 Å². The lowest BCUT2D eigenvalue weighted by atomic mass is 10.1. The molecule has 0 saturated carbocycles. The Labute approximate surface area is 54.3 Å². The van der Waals surface area contributed by atoms with E-state index < -0.39 is 0 Å². The maximum absolute atomic E-state index is 12.3. The molecule has 0 atom stereocenters. The summed E-state index contributed by atoms with van der Waals surface area (Å²) in [6.07, 6.45) is 0. The summed E-state index contributed by atoms with van der Waals surface area (Å²) in [7, 11) is 0. The molecule has 0 heterocycles. The Morgan fingerprint density at radius 2 is 2.11 bits per heavy atom. The lowest BCUT2D eigenvalue weighted by Gasteiger charge is -1.95. The summed E-state index contributed by atoms with van der Waals surface area (Å²) >= 11 is 0. The zero-order valence-electron chi connectivity index (χ0n) is 5.32. The van der Waals surface area contributed by atoms with Gasteiger partial charge in [-0.15, -0.1) is 0 Å². The van der Waals surface area contributed by atoms with Gasteiger partial charge in [-0.2, -0.15) is 0 Å². The molecule has 9 heavy (non-hydrogen) atoms. The van der Waals surface area contributed by atoms with Gasteiger partial charge in [0.25, 0.3) is 0 Å². The minimum Gasteiger partial charge on any atom is -0.207 e. The molecule has 0 nitrogen and oxygen atoms in total. The van der Waals surface area contributed by atoms with Crippen LogP contribution in [-0.2, 0) is 0 Å². The van der Waals surface area contributed by atoms with Crippen LogP contribution in [0.1, 0.15) is 11.1 Å². The molecule has 1 rings (SSSR count). The van der Waals surface area contributed by atoms with Gasteiger partial charge in [-0.3, -0.25) is 0 Å². The minimum atomic E-state index is -0.217. The van der Waals surface area contributed by atoms with Crippen LogP contribution in [0, 0.1) is 19.7 Å². The highest BCUT2D eigenvalue weighted by Crippen LogP contribution is 2.07. The summed E-state index contributed by atoms with van der Waals surface area (Å²) in [6.45, 7) is 5.55. The summed E-state index contributed by atoms with van der Waals surface area (Å²) in [4.78, 5) is 0. The molecule has 0 spiro atoms. The number of aryl methyl sites for hydroxylation is 1. The van der Waals surface area contributed by atoms with Gasteiger partial charge in [-0.05, 0) is 37.1 Å². The zero-order chi connectivity index (χ0) is 6.85. The van der Waals surface area contributed by atoms with E-state index in [1.54, 1.807) is 6.07 Å². The molecule has 0 aromatic heterocycles. The SMILES string of the molecule is [CH2]c1cc(F)ccc1C. The largest absolute Gasteiger partial charge is 0.207 e. The normalized spacial score (nSPS) is 9.67. The summed E-state index contributed by atoms with van der Waals surface area (Å²) in [5.74, 6) is -0.217. The van der Waals surface area contributed by atoms with Crippen LogP contribution in [0.15, 0.2) is 18.2 Å². The van der Waals surface area contributed by atoms with Gasteiger partial charge >= 0.3 is 0 Å². The van der Waals surface area contributed by atoms with E-state index in [-0.39, 0.29) is 5.82 Å². The molecular weight excluding hydrogens is 115 g/mol. The molecule has 0 amide bonds. The van der Waals surface area contributed by atoms with Crippen molar-refractivity contribution in [3.05, 3.63) is 42.1 Å². The third-order valence-electron chi connectivity index (χ3n) is 1.31. The van der Waals surface area contributed by atoms with Gasteiger partial charge < -0.3 is 0 Å². The van der Waals surface area contributed by atoms with Crippen molar-refractivity contribution in [1.82, 2.24) is 0 Å². The van der Waals surface area contributed by atoms with Crippen molar-refractivity contribution in [3.63, 3.8) is 0 Å². The van der Waals surface area contributed by atoms with Gasteiger partial charge in [0.15, 0.2) is 0 Å². The summed E-state index contributed by atoms with van der Waals surface area (Å²) in [5, 5.41) is 0. The molecule has 0 saturated heterocycles. The van der Waals surface area contributed by atoms with Crippen LogP contribution in [0.3, 0.4) is 0 Å². The number of halogens is 1. The van der Waals surface area contributed by atoms with Gasteiger partial charge in [0.05, 0.1) is 0 Å². The maximum atomic E-state index is 12.3. The highest BCUT2D eigenvalue weighted by molar-refractivity contribution is 5.28. The molecule has 1 aromatic carbocycles. The lowest BCUT2D eigenvalue weighted by Crippen LogP contribution is -1.80. The molecule has 0 bridgehead atoms. The molecule has 0 N–H and O–H groups in total. The Morgan fingerprint density at radius 1 is 1.44 bits per heavy atom. The highest BCUT2D eigenvalue weighted by Gasteiger charge is 1.91. The van der Waals surface area contributed by atoms with Crippen LogP contribution in [0.5, 0.6) is 0 Å². The van der Waals surface area contributed by atoms with Crippen molar-refractivity contribution in [1.29, 1.82) is 0 Å². The van der Waals surface area contributed by atoms with E-state index in [1.165, 1.54) is 12.1 Å². The van der Waals surface area contributed by atoms with E-state index >= 15 is 0 Å². The second-order valence-electron chi connectivity index (χ2n) is 2.07. The van der Waals surface area contributed by atoms with Crippen LogP contribution >= 0.6 is 0 Å². The fourth-order valence-electron chi connectivity index (χ4n) is 0.640. The van der Waals surface area contributed by atoms with Gasteiger partial charge in [0.1, 0.15) is 5.82 Å². The van der Waals surface area contributed by atoms with Gasteiger partial charge in [-0.25, -0.2) is 4.39 Å². The number of hydrogen-bond donors (Lipinski definition) is 0. The monoisotopic (exact) mass is 123 g/mol. The molecule has 1 heteroatoms. The van der Waals surface area contributed by atoms with E-state index in [4.69, 9.17) is 0 Å². The highest BCUT2D eigenvalue weighted by atomic mass is 19.1. The third-order valence-corrected chi connectivity index (χ3v) is 1.31. The Bertz CT molecular complexity index is 216. The van der Waals surface area contributed by atoms with Crippen LogP contribution in [-0.4, -0.2) is 0 Å². The van der Waals surface area contributed by atoms with Gasteiger partial charge in [-0.1, -0.05) is 6.07 Å². The average Bonchev–Trinajstić information content (AvgIpc) is 1.80. The van der Waals surface area contributed by atoms with Gasteiger partial charge in [0.2, 0.25) is 0 Å². The third kappa shape index (κ3) is 1.28. The van der Waals surface area contributed by atoms with E-state index in [2.05, 4.69) is 6.92 Å². The molecule has 1 radical (unpaired) electrons. The first-order valence-corrected chi connectivity index (χ1v) is 2.78. The van der Waals surface area contributed by atoms with E-state index in [9.17, 15) is 4.39 Å². The minimum absolute atomic E-state index is 0.217. The summed E-state index contributed by atoms with van der Waals surface area (Å²) in [6, 6.07) is 4.58. The predicted molar refractivity (Wildman–Crippen MR) is 35.6 cm³/mol. The Morgan fingerprint density at radius 3 is 2.56 bits per heavy atom. The van der Waals surface area contributed by atoms with Crippen molar-refractivity contribution in [3.8, 4) is 0 Å². The topological polar surface area (TPSA) is 0 Å². The fourth-order valence-corrected chi connectivity index (χ4v) is 0.640. The Hall–Kier alpha value is -0.850. The molecular formula is C8H8F. The number of hydrogen-bond acceptors (Lipinski definition) is 0. The Balaban J connectivity index is 3.17. The number of benzene rings is 1. The van der Waals surface area contributed by atoms with Crippen LogP contribution < -0.4 is 0 Å². The predicted octanol–water partition coefficient (Wildman–Crippen LogP) is 2.32. The number of rotatable bonds is 0. The molecule has 0 aliphatic rings. The van der Waals surface area contributed by atoms with Crippen LogP contribution in [0.2, 0.25) is 0 Å².